The molecule has 0 saturated heterocycles. The van der Waals surface area contributed by atoms with Crippen LogP contribution in [0, 0.1) is 5.41 Å². The second kappa shape index (κ2) is 9.68. The zero-order chi connectivity index (χ0) is 12.6. The number of nitrogens with one attached hydrogen (secondary N) is 1. The smallest absolute Gasteiger partial charge is 0.237 e. The van der Waals surface area contributed by atoms with Crippen LogP contribution in [-0.4, -0.2) is 31.7 Å². The lowest BCUT2D eigenvalue weighted by atomic mass is 9.87. The van der Waals surface area contributed by atoms with Gasteiger partial charge in [-0.05, 0) is 25.2 Å². The van der Waals surface area contributed by atoms with Crippen molar-refractivity contribution in [2.24, 2.45) is 11.1 Å². The van der Waals surface area contributed by atoms with Crippen LogP contribution in [0.5, 0.6) is 0 Å². The molecule has 0 rings (SSSR count). The van der Waals surface area contributed by atoms with Gasteiger partial charge in [0.2, 0.25) is 5.91 Å². The summed E-state index contributed by atoms with van der Waals surface area (Å²) in [5, 5.41) is 2.85. The Morgan fingerprint density at radius 1 is 1.35 bits per heavy atom. The Morgan fingerprint density at radius 2 is 1.94 bits per heavy atom. The average molecular weight is 267 g/mol. The largest absolute Gasteiger partial charge is 0.382 e. The van der Waals surface area contributed by atoms with Crippen LogP contribution >= 0.6 is 12.4 Å². The molecular formula is C12H27ClN2O2. The Bertz CT molecular complexity index is 205. The molecular weight excluding hydrogens is 240 g/mol. The zero-order valence-corrected chi connectivity index (χ0v) is 12.2. The Kier molecular flexibility index (Phi) is 10.8. The molecule has 0 aromatic heterocycles. The van der Waals surface area contributed by atoms with Crippen molar-refractivity contribution in [2.75, 3.05) is 19.8 Å². The first kappa shape index (κ1) is 19.0. The summed E-state index contributed by atoms with van der Waals surface area (Å²) in [4.78, 5) is 11.6. The van der Waals surface area contributed by atoms with Crippen molar-refractivity contribution in [2.45, 2.75) is 46.6 Å². The quantitative estimate of drug-likeness (QED) is 0.690. The Balaban J connectivity index is 0. The number of rotatable bonds is 7. The van der Waals surface area contributed by atoms with Crippen LogP contribution < -0.4 is 11.1 Å². The van der Waals surface area contributed by atoms with Crippen LogP contribution in [-0.2, 0) is 9.53 Å². The van der Waals surface area contributed by atoms with E-state index in [0.29, 0.717) is 6.54 Å². The molecule has 0 aliphatic heterocycles. The van der Waals surface area contributed by atoms with Crippen LogP contribution in [0.25, 0.3) is 0 Å². The number of halogens is 1. The molecule has 0 unspecified atom stereocenters. The first-order valence-corrected chi connectivity index (χ1v) is 6.00. The van der Waals surface area contributed by atoms with Gasteiger partial charge in [-0.2, -0.15) is 0 Å². The van der Waals surface area contributed by atoms with Gasteiger partial charge < -0.3 is 15.8 Å². The second-order valence-corrected chi connectivity index (χ2v) is 5.04. The maximum atomic E-state index is 11.6. The van der Waals surface area contributed by atoms with E-state index in [4.69, 9.17) is 10.5 Å². The molecule has 104 valence electrons. The molecule has 0 aliphatic carbocycles. The van der Waals surface area contributed by atoms with Gasteiger partial charge in [0.15, 0.2) is 0 Å². The van der Waals surface area contributed by atoms with Gasteiger partial charge in [-0.15, -0.1) is 12.4 Å². The van der Waals surface area contributed by atoms with Gasteiger partial charge in [-0.1, -0.05) is 20.8 Å². The summed E-state index contributed by atoms with van der Waals surface area (Å²) in [5.74, 6) is -0.0658. The van der Waals surface area contributed by atoms with E-state index in [1.54, 1.807) is 0 Å². The van der Waals surface area contributed by atoms with Crippen LogP contribution in [0.1, 0.15) is 40.5 Å². The Labute approximate surface area is 111 Å². The van der Waals surface area contributed by atoms with Crippen LogP contribution in [0.15, 0.2) is 0 Å². The number of carbonyl (C=O) groups excluding carboxylic acids is 1. The minimum Gasteiger partial charge on any atom is -0.382 e. The fourth-order valence-electron chi connectivity index (χ4n) is 1.19. The van der Waals surface area contributed by atoms with Crippen molar-refractivity contribution in [3.8, 4) is 0 Å². The molecule has 0 saturated carbocycles. The fourth-order valence-corrected chi connectivity index (χ4v) is 1.19. The minimum atomic E-state index is -0.445. The van der Waals surface area contributed by atoms with Gasteiger partial charge >= 0.3 is 0 Å². The van der Waals surface area contributed by atoms with E-state index < -0.39 is 6.04 Å². The summed E-state index contributed by atoms with van der Waals surface area (Å²) < 4.78 is 5.20. The van der Waals surface area contributed by atoms with E-state index in [2.05, 4.69) is 5.32 Å². The van der Waals surface area contributed by atoms with Gasteiger partial charge in [0, 0.05) is 19.8 Å². The molecule has 17 heavy (non-hydrogen) atoms. The highest BCUT2D eigenvalue weighted by atomic mass is 35.5. The summed E-state index contributed by atoms with van der Waals surface area (Å²) in [5.41, 5.74) is 5.63. The normalized spacial score (nSPS) is 12.8. The molecule has 0 aromatic rings. The predicted molar refractivity (Wildman–Crippen MR) is 73.4 cm³/mol. The summed E-state index contributed by atoms with van der Waals surface area (Å²) in [6.45, 7) is 10.1. The minimum absolute atomic E-state index is 0. The van der Waals surface area contributed by atoms with E-state index in [-0.39, 0.29) is 23.7 Å². The maximum absolute atomic E-state index is 11.6. The SMILES string of the molecule is CCOCCCCNC(=O)[C@@H](N)C(C)(C)C.Cl. The van der Waals surface area contributed by atoms with Gasteiger partial charge in [-0.25, -0.2) is 0 Å². The number of unbranched alkanes of at least 4 members (excludes halogenated alkanes) is 1. The fraction of sp³-hybridized carbons (Fsp3) is 0.917. The number of ether oxygens (including phenoxy) is 1. The van der Waals surface area contributed by atoms with Crippen molar-refractivity contribution in [3.63, 3.8) is 0 Å². The number of nitrogens with two attached hydrogens (primary N) is 1. The topological polar surface area (TPSA) is 64.3 Å². The van der Waals surface area contributed by atoms with Crippen molar-refractivity contribution in [1.29, 1.82) is 0 Å². The van der Waals surface area contributed by atoms with E-state index >= 15 is 0 Å². The number of amides is 1. The van der Waals surface area contributed by atoms with Gasteiger partial charge in [0.1, 0.15) is 0 Å². The third kappa shape index (κ3) is 9.39. The average Bonchev–Trinajstić information content (AvgIpc) is 2.20. The molecule has 1 amide bonds. The van der Waals surface area contributed by atoms with Gasteiger partial charge in [0.25, 0.3) is 0 Å². The van der Waals surface area contributed by atoms with E-state index in [1.165, 1.54) is 0 Å². The summed E-state index contributed by atoms with van der Waals surface area (Å²) in [7, 11) is 0. The van der Waals surface area contributed by atoms with Gasteiger partial charge in [0.05, 0.1) is 6.04 Å². The monoisotopic (exact) mass is 266 g/mol. The molecule has 1 atom stereocenters. The highest BCUT2D eigenvalue weighted by Gasteiger charge is 2.26. The molecule has 0 spiro atoms. The first-order valence-electron chi connectivity index (χ1n) is 6.00. The highest BCUT2D eigenvalue weighted by molar-refractivity contribution is 5.85. The first-order chi connectivity index (χ1) is 7.39. The lowest BCUT2D eigenvalue weighted by molar-refractivity contribution is -0.124. The summed E-state index contributed by atoms with van der Waals surface area (Å²) in [6, 6.07) is -0.445. The van der Waals surface area contributed by atoms with E-state index in [1.807, 2.05) is 27.7 Å². The molecule has 0 aliphatic rings. The zero-order valence-electron chi connectivity index (χ0n) is 11.4. The maximum Gasteiger partial charge on any atom is 0.237 e. The standard InChI is InChI=1S/C12H26N2O2.ClH/c1-5-16-9-7-6-8-14-11(15)10(13)12(2,3)4;/h10H,5-9,13H2,1-4H3,(H,14,15);1H/t10-;/m1./s1. The molecule has 5 heteroatoms. The summed E-state index contributed by atoms with van der Waals surface area (Å²) >= 11 is 0. The molecule has 0 bridgehead atoms. The highest BCUT2D eigenvalue weighted by Crippen LogP contribution is 2.16. The van der Waals surface area contributed by atoms with Crippen LogP contribution in [0.4, 0.5) is 0 Å². The van der Waals surface area contributed by atoms with Crippen LogP contribution in [0.2, 0.25) is 0 Å². The van der Waals surface area contributed by atoms with Crippen molar-refractivity contribution in [3.05, 3.63) is 0 Å². The lowest BCUT2D eigenvalue weighted by Crippen LogP contribution is -2.48. The molecule has 3 N–H and O–H groups in total. The van der Waals surface area contributed by atoms with Gasteiger partial charge in [-0.3, -0.25) is 4.79 Å². The predicted octanol–water partition coefficient (Wildman–Crippen LogP) is 1.71. The van der Waals surface area contributed by atoms with Crippen molar-refractivity contribution >= 4 is 18.3 Å². The molecule has 0 aromatic carbocycles. The third-order valence-electron chi connectivity index (χ3n) is 2.43. The third-order valence-corrected chi connectivity index (χ3v) is 2.43. The van der Waals surface area contributed by atoms with E-state index in [0.717, 1.165) is 26.1 Å². The Hall–Kier alpha value is -0.320. The molecule has 4 nitrogen and oxygen atoms in total. The number of hydrogen-bond donors (Lipinski definition) is 2. The second-order valence-electron chi connectivity index (χ2n) is 5.04. The van der Waals surface area contributed by atoms with Crippen molar-refractivity contribution < 1.29 is 9.53 Å². The number of hydrogen-bond acceptors (Lipinski definition) is 3. The van der Waals surface area contributed by atoms with Crippen molar-refractivity contribution in [1.82, 2.24) is 5.32 Å². The Morgan fingerprint density at radius 3 is 2.41 bits per heavy atom. The molecule has 0 heterocycles. The van der Waals surface area contributed by atoms with E-state index in [9.17, 15) is 4.79 Å². The van der Waals surface area contributed by atoms with Crippen LogP contribution in [0.3, 0.4) is 0 Å². The number of carbonyl (C=O) groups is 1. The summed E-state index contributed by atoms with van der Waals surface area (Å²) in [6.07, 6.45) is 1.90. The molecule has 0 fully saturated rings. The molecule has 0 radical (unpaired) electrons. The lowest BCUT2D eigenvalue weighted by Gasteiger charge is -2.25.